The third kappa shape index (κ3) is 24.9. The maximum atomic E-state index is 9.41. The van der Waals surface area contributed by atoms with E-state index in [1.54, 1.807) is 0 Å². The second-order valence-electron chi connectivity index (χ2n) is 10.8. The summed E-state index contributed by atoms with van der Waals surface area (Å²) in [5, 5.41) is 18.8. The molecule has 0 aliphatic heterocycles. The summed E-state index contributed by atoms with van der Waals surface area (Å²) >= 11 is 0. The van der Waals surface area contributed by atoms with E-state index >= 15 is 0 Å². The Balaban J connectivity index is -0.000000508. The molecule has 0 aliphatic rings. The highest BCUT2D eigenvalue weighted by Crippen LogP contribution is 2.15. The van der Waals surface area contributed by atoms with Crippen molar-refractivity contribution in [1.29, 1.82) is 0 Å². The maximum absolute atomic E-state index is 9.41. The largest absolute Gasteiger partial charge is 0.545 e. The van der Waals surface area contributed by atoms with Gasteiger partial charge in [-0.25, -0.2) is 0 Å². The molecule has 0 rings (SSSR count). The first-order chi connectivity index (χ1) is 18.1. The normalized spacial score (nSPS) is 11.5. The van der Waals surface area contributed by atoms with E-state index in [9.17, 15) is 19.8 Å². The Labute approximate surface area is 237 Å². The molecule has 0 aliphatic carbocycles. The van der Waals surface area contributed by atoms with Crippen molar-refractivity contribution >= 4 is 11.9 Å². The molecule has 0 aromatic heterocycles. The smallest absolute Gasteiger partial charge is 0.0786 e. The van der Waals surface area contributed by atoms with Gasteiger partial charge in [-0.15, -0.1) is 0 Å². The van der Waals surface area contributed by atoms with Crippen molar-refractivity contribution in [1.82, 2.24) is 0 Å². The molecule has 0 saturated carbocycles. The highest BCUT2D eigenvalue weighted by atomic mass is 16.4. The van der Waals surface area contributed by atoms with Crippen LogP contribution in [0.4, 0.5) is 0 Å². The fraction of sp³-hybridized carbons (Fsp3) is 0.875. The number of aliphatic carboxylic acids is 2. The van der Waals surface area contributed by atoms with Crippen LogP contribution in [0.2, 0.25) is 0 Å². The number of rotatable bonds is 22. The molecule has 6 heteroatoms. The Hall–Kier alpha value is -1.40. The molecular weight excluding hydrogens is 476 g/mol. The van der Waals surface area contributed by atoms with E-state index in [0.717, 1.165) is 0 Å². The van der Waals surface area contributed by atoms with Gasteiger partial charge in [-0.05, 0) is 64.5 Å². The maximum Gasteiger partial charge on any atom is 0.0786 e. The molecule has 0 atom stereocenters. The van der Waals surface area contributed by atoms with Crippen molar-refractivity contribution in [2.45, 2.75) is 132 Å². The zero-order valence-corrected chi connectivity index (χ0v) is 26.8. The number of nitrogens with zero attached hydrogens (tertiary/aromatic N) is 2. The van der Waals surface area contributed by atoms with Gasteiger partial charge in [-0.3, -0.25) is 0 Å². The highest BCUT2D eigenvalue weighted by Gasteiger charge is 2.23. The van der Waals surface area contributed by atoms with Crippen LogP contribution >= 0.6 is 0 Å². The molecule has 0 spiro atoms. The first-order valence-electron chi connectivity index (χ1n) is 15.9. The molecule has 0 fully saturated rings. The second kappa shape index (κ2) is 28.6. The number of quaternary nitrogens is 2. The molecule has 0 aromatic carbocycles. The Kier molecular flexibility index (Phi) is 30.9. The summed E-state index contributed by atoms with van der Waals surface area (Å²) in [5.41, 5.74) is 0. The standard InChI is InChI=1S/2C14H32N.C4H4O4/c2*1-5-9-12-15(8-4,13-10-6-2)14-11-7-3;5-3(6)1-2-4(7)8/h2*5-14H2,1-4H3;1-2H,(H,5,6)(H,7,8)/q2*+1;/p-2/b;;2-1-. The van der Waals surface area contributed by atoms with Crippen molar-refractivity contribution in [2.24, 2.45) is 0 Å². The third-order valence-corrected chi connectivity index (χ3v) is 7.61. The number of hydrogen-bond donors (Lipinski definition) is 0. The molecule has 0 aromatic rings. The number of carbonyl (C=O) groups excluding carboxylic acids is 2. The van der Waals surface area contributed by atoms with E-state index in [1.807, 2.05) is 0 Å². The van der Waals surface area contributed by atoms with Gasteiger partial charge in [0.05, 0.1) is 64.3 Å². The molecule has 0 N–H and O–H groups in total. The summed E-state index contributed by atoms with van der Waals surface area (Å²) in [4.78, 5) is 18.8. The van der Waals surface area contributed by atoms with Crippen molar-refractivity contribution in [3.8, 4) is 0 Å². The van der Waals surface area contributed by atoms with E-state index < -0.39 is 11.9 Å². The first kappa shape index (κ1) is 41.1. The molecule has 0 saturated heterocycles. The summed E-state index contributed by atoms with van der Waals surface area (Å²) in [7, 11) is 0. The van der Waals surface area contributed by atoms with Crippen LogP contribution in [-0.4, -0.2) is 73.3 Å². The SMILES string of the molecule is CCCC[N+](CC)(CCCC)CCCC.CCCC[N+](CC)(CCCC)CCCC.O=C([O-])/C=C\C(=O)[O-]. The van der Waals surface area contributed by atoms with Crippen LogP contribution in [0.3, 0.4) is 0 Å². The molecule has 6 nitrogen and oxygen atoms in total. The molecule has 0 bridgehead atoms. The molecular formula is C32H66N2O4. The Bertz CT molecular complexity index is 472. The quantitative estimate of drug-likeness (QED) is 0.134. The van der Waals surface area contributed by atoms with Gasteiger partial charge < -0.3 is 28.8 Å². The summed E-state index contributed by atoms with van der Waals surface area (Å²) in [5.74, 6) is -3.09. The predicted octanol–water partition coefficient (Wildman–Crippen LogP) is 5.49. The van der Waals surface area contributed by atoms with E-state index in [-0.39, 0.29) is 0 Å². The van der Waals surface area contributed by atoms with Gasteiger partial charge in [0, 0.05) is 0 Å². The van der Waals surface area contributed by atoms with Crippen LogP contribution in [0, 0.1) is 0 Å². The lowest BCUT2D eigenvalue weighted by Gasteiger charge is -2.38. The predicted molar refractivity (Wildman–Crippen MR) is 159 cm³/mol. The molecule has 0 radical (unpaired) electrons. The average Bonchev–Trinajstić information content (AvgIpc) is 2.92. The van der Waals surface area contributed by atoms with Crippen molar-refractivity contribution in [2.75, 3.05) is 52.4 Å². The first-order valence-corrected chi connectivity index (χ1v) is 15.9. The van der Waals surface area contributed by atoms with Gasteiger partial charge in [0.2, 0.25) is 0 Å². The minimum atomic E-state index is -1.55. The number of hydrogen-bond acceptors (Lipinski definition) is 4. The van der Waals surface area contributed by atoms with Crippen molar-refractivity contribution < 1.29 is 28.8 Å². The Morgan fingerprint density at radius 1 is 0.447 bits per heavy atom. The number of carboxylic acids is 2. The summed E-state index contributed by atoms with van der Waals surface area (Å²) in [6.45, 7) is 29.7. The fourth-order valence-corrected chi connectivity index (χ4v) is 4.72. The van der Waals surface area contributed by atoms with Gasteiger partial charge in [0.1, 0.15) is 0 Å². The minimum absolute atomic E-state index is 0.384. The molecule has 228 valence electrons. The number of unbranched alkanes of at least 4 members (excludes halogenated alkanes) is 6. The van der Waals surface area contributed by atoms with Gasteiger partial charge in [0.15, 0.2) is 0 Å². The topological polar surface area (TPSA) is 80.3 Å². The van der Waals surface area contributed by atoms with Crippen LogP contribution < -0.4 is 10.2 Å². The van der Waals surface area contributed by atoms with Crippen LogP contribution in [0.25, 0.3) is 0 Å². The highest BCUT2D eigenvalue weighted by molar-refractivity contribution is 5.87. The van der Waals surface area contributed by atoms with Gasteiger partial charge in [-0.1, -0.05) is 80.1 Å². The summed E-state index contributed by atoms with van der Waals surface area (Å²) in [6.07, 6.45) is 17.3. The molecule has 0 amide bonds. The lowest BCUT2D eigenvalue weighted by atomic mass is 10.1. The van der Waals surface area contributed by atoms with Crippen LogP contribution in [-0.2, 0) is 9.59 Å². The minimum Gasteiger partial charge on any atom is -0.545 e. The van der Waals surface area contributed by atoms with E-state index in [1.165, 1.54) is 138 Å². The van der Waals surface area contributed by atoms with Crippen LogP contribution in [0.15, 0.2) is 12.2 Å². The zero-order valence-electron chi connectivity index (χ0n) is 26.8. The van der Waals surface area contributed by atoms with E-state index in [4.69, 9.17) is 0 Å². The molecule has 0 unspecified atom stereocenters. The van der Waals surface area contributed by atoms with Gasteiger partial charge in [0.25, 0.3) is 0 Å². The summed E-state index contributed by atoms with van der Waals surface area (Å²) < 4.78 is 2.77. The number of carboxylic acid groups (broad SMARTS) is 2. The molecule has 0 heterocycles. The van der Waals surface area contributed by atoms with Crippen LogP contribution in [0.5, 0.6) is 0 Å². The molecule has 38 heavy (non-hydrogen) atoms. The van der Waals surface area contributed by atoms with Crippen molar-refractivity contribution in [3.63, 3.8) is 0 Å². The van der Waals surface area contributed by atoms with E-state index in [0.29, 0.717) is 12.2 Å². The van der Waals surface area contributed by atoms with Gasteiger partial charge >= 0.3 is 0 Å². The summed E-state index contributed by atoms with van der Waals surface area (Å²) in [6, 6.07) is 0. The van der Waals surface area contributed by atoms with Gasteiger partial charge in [-0.2, -0.15) is 0 Å². The monoisotopic (exact) mass is 543 g/mol. The van der Waals surface area contributed by atoms with Crippen molar-refractivity contribution in [3.05, 3.63) is 12.2 Å². The lowest BCUT2D eigenvalue weighted by molar-refractivity contribution is -0.927. The third-order valence-electron chi connectivity index (χ3n) is 7.61. The Morgan fingerprint density at radius 2 is 0.632 bits per heavy atom. The lowest BCUT2D eigenvalue weighted by Crippen LogP contribution is -2.49. The average molecular weight is 543 g/mol. The van der Waals surface area contributed by atoms with Crippen LogP contribution in [0.1, 0.15) is 132 Å². The zero-order chi connectivity index (χ0) is 29.7. The number of carbonyl (C=O) groups is 2. The second-order valence-corrected chi connectivity index (χ2v) is 10.8. The Morgan fingerprint density at radius 3 is 0.737 bits per heavy atom. The fourth-order valence-electron chi connectivity index (χ4n) is 4.72. The van der Waals surface area contributed by atoms with E-state index in [2.05, 4.69) is 55.4 Å².